The van der Waals surface area contributed by atoms with Gasteiger partial charge in [-0.25, -0.2) is 0 Å². The number of rotatable bonds is 7. The van der Waals surface area contributed by atoms with Gasteiger partial charge in [-0.3, -0.25) is 0 Å². The zero-order valence-electron chi connectivity index (χ0n) is 29.6. The van der Waals surface area contributed by atoms with Gasteiger partial charge in [0.2, 0.25) is 0 Å². The Kier molecular flexibility index (Phi) is 7.85. The third kappa shape index (κ3) is 5.53. The third-order valence-corrected chi connectivity index (χ3v) is 10.5. The zero-order chi connectivity index (χ0) is 35.8. The number of hydrogen-bond acceptors (Lipinski definition) is 2. The number of benzene rings is 9. The molecule has 0 radical (unpaired) electrons. The van der Waals surface area contributed by atoms with Crippen molar-refractivity contribution in [1.29, 1.82) is 0 Å². The second-order valence-corrected chi connectivity index (χ2v) is 13.7. The van der Waals surface area contributed by atoms with E-state index in [1.807, 2.05) is 6.07 Å². The topological polar surface area (TPSA) is 16.4 Å². The minimum atomic E-state index is 0.856. The van der Waals surface area contributed by atoms with Gasteiger partial charge in [0, 0.05) is 16.6 Å². The van der Waals surface area contributed by atoms with Crippen LogP contribution in [0.15, 0.2) is 217 Å². The summed E-state index contributed by atoms with van der Waals surface area (Å²) in [5, 5.41) is 4.63. The Morgan fingerprint density at radius 1 is 0.333 bits per heavy atom. The van der Waals surface area contributed by atoms with Gasteiger partial charge in [0.05, 0.1) is 16.8 Å². The molecule has 2 nitrogen and oxygen atoms in total. The van der Waals surface area contributed by atoms with Crippen LogP contribution < -0.4 is 4.90 Å². The van der Waals surface area contributed by atoms with Crippen LogP contribution in [-0.2, 0) is 0 Å². The van der Waals surface area contributed by atoms with Crippen LogP contribution in [0.2, 0.25) is 0 Å². The summed E-state index contributed by atoms with van der Waals surface area (Å²) >= 11 is 0. The number of hydrogen-bond donors (Lipinski definition) is 0. The monoisotopic (exact) mass is 689 g/mol. The van der Waals surface area contributed by atoms with E-state index in [-0.39, 0.29) is 0 Å². The second-order valence-electron chi connectivity index (χ2n) is 13.7. The average molecular weight is 690 g/mol. The molecule has 1 aromatic heterocycles. The molecule has 10 rings (SSSR count). The molecule has 0 aliphatic rings. The Bertz CT molecular complexity index is 2940. The number of para-hydroxylation sites is 1. The summed E-state index contributed by atoms with van der Waals surface area (Å²) in [5.41, 5.74) is 14.2. The molecule has 1 heterocycles. The Hall–Kier alpha value is -7.16. The Morgan fingerprint density at radius 3 is 1.74 bits per heavy atom. The van der Waals surface area contributed by atoms with Crippen molar-refractivity contribution in [3.63, 3.8) is 0 Å². The maximum atomic E-state index is 6.51. The van der Waals surface area contributed by atoms with E-state index >= 15 is 0 Å². The second kappa shape index (κ2) is 13.4. The molecule has 0 spiro atoms. The van der Waals surface area contributed by atoms with Gasteiger partial charge in [0.15, 0.2) is 0 Å². The molecule has 10 aromatic rings. The Balaban J connectivity index is 1.29. The van der Waals surface area contributed by atoms with Gasteiger partial charge in [-0.1, -0.05) is 170 Å². The third-order valence-electron chi connectivity index (χ3n) is 10.5. The number of furan rings is 1. The van der Waals surface area contributed by atoms with E-state index < -0.39 is 0 Å². The summed E-state index contributed by atoms with van der Waals surface area (Å²) in [6, 6.07) is 76.0. The summed E-state index contributed by atoms with van der Waals surface area (Å²) in [7, 11) is 0. The molecule has 0 unspecified atom stereocenters. The lowest BCUT2D eigenvalue weighted by Crippen LogP contribution is -2.12. The van der Waals surface area contributed by atoms with Crippen molar-refractivity contribution in [2.75, 3.05) is 4.90 Å². The van der Waals surface area contributed by atoms with Crippen molar-refractivity contribution in [2.24, 2.45) is 0 Å². The maximum absolute atomic E-state index is 6.51. The van der Waals surface area contributed by atoms with E-state index in [0.29, 0.717) is 0 Å². The van der Waals surface area contributed by atoms with Crippen molar-refractivity contribution in [3.8, 4) is 44.5 Å². The van der Waals surface area contributed by atoms with E-state index in [4.69, 9.17) is 4.42 Å². The molecule has 2 heteroatoms. The highest BCUT2D eigenvalue weighted by molar-refractivity contribution is 6.14. The lowest BCUT2D eigenvalue weighted by Gasteiger charge is -2.30. The lowest BCUT2D eigenvalue weighted by molar-refractivity contribution is 0.669. The van der Waals surface area contributed by atoms with Crippen LogP contribution in [0.1, 0.15) is 0 Å². The number of fused-ring (bicyclic) bond motifs is 4. The molecule has 0 aliphatic heterocycles. The highest BCUT2D eigenvalue weighted by atomic mass is 16.3. The highest BCUT2D eigenvalue weighted by Gasteiger charge is 2.25. The fourth-order valence-electron chi connectivity index (χ4n) is 7.98. The summed E-state index contributed by atoms with van der Waals surface area (Å²) < 4.78 is 6.51. The zero-order valence-corrected chi connectivity index (χ0v) is 29.6. The average Bonchev–Trinajstić information content (AvgIpc) is 3.64. The quantitative estimate of drug-likeness (QED) is 0.166. The van der Waals surface area contributed by atoms with Crippen LogP contribution in [-0.4, -0.2) is 0 Å². The van der Waals surface area contributed by atoms with Crippen molar-refractivity contribution in [2.45, 2.75) is 0 Å². The first kappa shape index (κ1) is 31.6. The van der Waals surface area contributed by atoms with E-state index in [0.717, 1.165) is 66.8 Å². The van der Waals surface area contributed by atoms with Gasteiger partial charge in [-0.2, -0.15) is 0 Å². The van der Waals surface area contributed by atoms with Gasteiger partial charge < -0.3 is 9.32 Å². The minimum Gasteiger partial charge on any atom is -0.456 e. The van der Waals surface area contributed by atoms with E-state index in [1.54, 1.807) is 0 Å². The molecule has 0 saturated carbocycles. The molecule has 0 bridgehead atoms. The lowest BCUT2D eigenvalue weighted by atomic mass is 9.87. The Labute approximate surface area is 314 Å². The van der Waals surface area contributed by atoms with E-state index in [1.165, 1.54) is 27.5 Å². The molecule has 0 aliphatic carbocycles. The molecule has 0 saturated heterocycles. The fourth-order valence-corrected chi connectivity index (χ4v) is 7.98. The molecular weight excluding hydrogens is 655 g/mol. The molecule has 0 amide bonds. The number of nitrogens with zero attached hydrogens (tertiary/aromatic N) is 1. The van der Waals surface area contributed by atoms with Gasteiger partial charge in [0.1, 0.15) is 11.2 Å². The van der Waals surface area contributed by atoms with Crippen LogP contribution in [0.5, 0.6) is 0 Å². The Morgan fingerprint density at radius 2 is 0.907 bits per heavy atom. The molecule has 0 atom stereocenters. The fraction of sp³-hybridized carbons (Fsp3) is 0. The maximum Gasteiger partial charge on any atom is 0.137 e. The van der Waals surface area contributed by atoms with Crippen LogP contribution in [0.4, 0.5) is 17.1 Å². The van der Waals surface area contributed by atoms with Crippen LogP contribution >= 0.6 is 0 Å². The van der Waals surface area contributed by atoms with Gasteiger partial charge in [-0.05, 0) is 92.2 Å². The van der Waals surface area contributed by atoms with E-state index in [2.05, 4.69) is 211 Å². The normalized spacial score (nSPS) is 11.3. The van der Waals surface area contributed by atoms with Crippen LogP contribution in [0, 0.1) is 0 Å². The van der Waals surface area contributed by atoms with Gasteiger partial charge in [0.25, 0.3) is 0 Å². The first-order valence-corrected chi connectivity index (χ1v) is 18.4. The first-order chi connectivity index (χ1) is 26.8. The molecule has 0 N–H and O–H groups in total. The van der Waals surface area contributed by atoms with Crippen LogP contribution in [0.25, 0.3) is 77.2 Å². The molecule has 54 heavy (non-hydrogen) atoms. The van der Waals surface area contributed by atoms with Crippen molar-refractivity contribution < 1.29 is 4.42 Å². The molecule has 0 fully saturated rings. The summed E-state index contributed by atoms with van der Waals surface area (Å²) in [6.07, 6.45) is 0. The first-order valence-electron chi connectivity index (χ1n) is 18.4. The summed E-state index contributed by atoms with van der Waals surface area (Å²) in [4.78, 5) is 2.44. The van der Waals surface area contributed by atoms with Crippen LogP contribution in [0.3, 0.4) is 0 Å². The standard InChI is InChI=1S/C52H35NO/c1-3-17-37(18-4-1)43-24-9-10-25-45(43)51-44(38-19-5-2-6-20-38)27-14-28-47(51)53(48-29-15-31-50-52(48)46-26-11-12-30-49(46)54-50)42-23-13-22-40(35-42)41-33-32-36-16-7-8-21-39(36)34-41/h1-35H. The highest BCUT2D eigenvalue weighted by Crippen LogP contribution is 2.50. The van der Waals surface area contributed by atoms with E-state index in [9.17, 15) is 0 Å². The predicted molar refractivity (Wildman–Crippen MR) is 228 cm³/mol. The number of anilines is 3. The summed E-state index contributed by atoms with van der Waals surface area (Å²) in [5.74, 6) is 0. The smallest absolute Gasteiger partial charge is 0.137 e. The van der Waals surface area contributed by atoms with Crippen molar-refractivity contribution >= 4 is 49.8 Å². The van der Waals surface area contributed by atoms with Crippen molar-refractivity contribution in [3.05, 3.63) is 212 Å². The minimum absolute atomic E-state index is 0.856. The van der Waals surface area contributed by atoms with Gasteiger partial charge >= 0.3 is 0 Å². The SMILES string of the molecule is c1ccc(-c2ccccc2-c2c(-c3ccccc3)cccc2N(c2cccc(-c3ccc4ccccc4c3)c2)c2cccc3oc4ccccc4c23)cc1. The molecule has 254 valence electrons. The van der Waals surface area contributed by atoms with Crippen molar-refractivity contribution in [1.82, 2.24) is 0 Å². The predicted octanol–water partition coefficient (Wildman–Crippen LogP) is 14.9. The largest absolute Gasteiger partial charge is 0.456 e. The molecule has 9 aromatic carbocycles. The molecular formula is C52H35NO. The summed E-state index contributed by atoms with van der Waals surface area (Å²) in [6.45, 7) is 0. The van der Waals surface area contributed by atoms with Gasteiger partial charge in [-0.15, -0.1) is 0 Å².